The Morgan fingerprint density at radius 3 is 2.83 bits per heavy atom. The van der Waals surface area contributed by atoms with Crippen molar-refractivity contribution in [2.45, 2.75) is 12.5 Å². The molecule has 0 saturated heterocycles. The molecule has 1 aromatic carbocycles. The Hall–Kier alpha value is -1.46. The Morgan fingerprint density at radius 2 is 2.17 bits per heavy atom. The quantitative estimate of drug-likeness (QED) is 0.924. The van der Waals surface area contributed by atoms with Crippen LogP contribution in [0.2, 0.25) is 0 Å². The summed E-state index contributed by atoms with van der Waals surface area (Å²) in [4.78, 5) is 0.885. The molecule has 0 amide bonds. The molecule has 2 rings (SSSR count). The SMILES string of the molecule is COc1csc(C(N)Cc2cccc(F)c2F)c1. The topological polar surface area (TPSA) is 35.2 Å². The molecule has 0 spiro atoms. The van der Waals surface area contributed by atoms with Gasteiger partial charge >= 0.3 is 0 Å². The molecule has 0 aliphatic rings. The maximum Gasteiger partial charge on any atom is 0.162 e. The summed E-state index contributed by atoms with van der Waals surface area (Å²) >= 11 is 1.45. The first-order valence-corrected chi connectivity index (χ1v) is 6.30. The van der Waals surface area contributed by atoms with Crippen LogP contribution in [0.5, 0.6) is 5.75 Å². The average Bonchev–Trinajstić information content (AvgIpc) is 2.83. The van der Waals surface area contributed by atoms with Gasteiger partial charge < -0.3 is 10.5 Å². The number of thiophene rings is 1. The summed E-state index contributed by atoms with van der Waals surface area (Å²) in [5, 5.41) is 1.83. The second kappa shape index (κ2) is 5.46. The van der Waals surface area contributed by atoms with E-state index in [1.54, 1.807) is 13.2 Å². The zero-order valence-corrected chi connectivity index (χ0v) is 10.6. The summed E-state index contributed by atoms with van der Waals surface area (Å²) in [5.41, 5.74) is 6.27. The van der Waals surface area contributed by atoms with E-state index in [0.29, 0.717) is 0 Å². The lowest BCUT2D eigenvalue weighted by Gasteiger charge is -2.10. The van der Waals surface area contributed by atoms with Crippen LogP contribution in [0.4, 0.5) is 8.78 Å². The van der Waals surface area contributed by atoms with Crippen molar-refractivity contribution in [1.29, 1.82) is 0 Å². The van der Waals surface area contributed by atoms with Crippen LogP contribution >= 0.6 is 11.3 Å². The molecule has 0 fully saturated rings. The predicted molar refractivity (Wildman–Crippen MR) is 67.9 cm³/mol. The monoisotopic (exact) mass is 269 g/mol. The molecule has 0 aliphatic carbocycles. The van der Waals surface area contributed by atoms with Crippen molar-refractivity contribution in [3.05, 3.63) is 51.7 Å². The Kier molecular flexibility index (Phi) is 3.93. The Bertz CT molecular complexity index is 542. The molecule has 5 heteroatoms. The number of rotatable bonds is 4. The Balaban J connectivity index is 2.15. The number of benzene rings is 1. The van der Waals surface area contributed by atoms with E-state index in [2.05, 4.69) is 0 Å². The van der Waals surface area contributed by atoms with Gasteiger partial charge in [0.05, 0.1) is 7.11 Å². The first-order chi connectivity index (χ1) is 8.61. The molecule has 1 aromatic heterocycles. The first kappa shape index (κ1) is 13.0. The Labute approximate surface area is 108 Å². The predicted octanol–water partition coefficient (Wildman–Crippen LogP) is 3.28. The van der Waals surface area contributed by atoms with Gasteiger partial charge in [-0.2, -0.15) is 0 Å². The minimum atomic E-state index is -0.844. The van der Waals surface area contributed by atoms with Gasteiger partial charge in [-0.3, -0.25) is 0 Å². The van der Waals surface area contributed by atoms with E-state index in [9.17, 15) is 8.78 Å². The number of halogens is 2. The fourth-order valence-corrected chi connectivity index (χ4v) is 2.54. The lowest BCUT2D eigenvalue weighted by Crippen LogP contribution is -2.13. The third-order valence-electron chi connectivity index (χ3n) is 2.67. The fourth-order valence-electron chi connectivity index (χ4n) is 1.68. The van der Waals surface area contributed by atoms with Crippen molar-refractivity contribution >= 4 is 11.3 Å². The van der Waals surface area contributed by atoms with E-state index in [-0.39, 0.29) is 18.0 Å². The van der Waals surface area contributed by atoms with E-state index in [1.165, 1.54) is 17.4 Å². The minimum Gasteiger partial charge on any atom is -0.496 e. The first-order valence-electron chi connectivity index (χ1n) is 5.42. The third-order valence-corrected chi connectivity index (χ3v) is 3.71. The molecule has 0 bridgehead atoms. The molecule has 1 unspecified atom stereocenters. The molecular formula is C13H13F2NOS. The molecule has 2 N–H and O–H groups in total. The molecule has 2 aromatic rings. The number of hydrogen-bond donors (Lipinski definition) is 1. The van der Waals surface area contributed by atoms with Gasteiger partial charge in [0.15, 0.2) is 11.6 Å². The second-order valence-corrected chi connectivity index (χ2v) is 4.86. The highest BCUT2D eigenvalue weighted by atomic mass is 32.1. The highest BCUT2D eigenvalue weighted by molar-refractivity contribution is 7.10. The minimum absolute atomic E-state index is 0.257. The van der Waals surface area contributed by atoms with E-state index >= 15 is 0 Å². The highest BCUT2D eigenvalue weighted by Crippen LogP contribution is 2.28. The van der Waals surface area contributed by atoms with Crippen LogP contribution in [0, 0.1) is 11.6 Å². The van der Waals surface area contributed by atoms with Gasteiger partial charge in [-0.25, -0.2) is 8.78 Å². The summed E-state index contributed by atoms with van der Waals surface area (Å²) in [7, 11) is 1.57. The van der Waals surface area contributed by atoms with Gasteiger partial charge in [-0.1, -0.05) is 12.1 Å². The zero-order valence-electron chi connectivity index (χ0n) is 9.82. The van der Waals surface area contributed by atoms with Gasteiger partial charge in [-0.15, -0.1) is 11.3 Å². The molecule has 1 atom stereocenters. The lowest BCUT2D eigenvalue weighted by atomic mass is 10.0. The van der Waals surface area contributed by atoms with Crippen molar-refractivity contribution in [1.82, 2.24) is 0 Å². The van der Waals surface area contributed by atoms with Crippen molar-refractivity contribution in [3.63, 3.8) is 0 Å². The largest absolute Gasteiger partial charge is 0.496 e. The molecule has 2 nitrogen and oxygen atoms in total. The summed E-state index contributed by atoms with van der Waals surface area (Å²) in [6.07, 6.45) is 0.257. The van der Waals surface area contributed by atoms with Gasteiger partial charge in [0.2, 0.25) is 0 Å². The number of nitrogens with two attached hydrogens (primary N) is 1. The van der Waals surface area contributed by atoms with Gasteiger partial charge in [0, 0.05) is 16.3 Å². The van der Waals surface area contributed by atoms with Gasteiger partial charge in [0.1, 0.15) is 5.75 Å². The van der Waals surface area contributed by atoms with Crippen LogP contribution in [0.15, 0.2) is 29.6 Å². The average molecular weight is 269 g/mol. The molecule has 0 aliphatic heterocycles. The van der Waals surface area contributed by atoms with Crippen molar-refractivity contribution in [2.24, 2.45) is 5.73 Å². The highest BCUT2D eigenvalue weighted by Gasteiger charge is 2.14. The van der Waals surface area contributed by atoms with Gasteiger partial charge in [0.25, 0.3) is 0 Å². The van der Waals surface area contributed by atoms with Crippen molar-refractivity contribution in [3.8, 4) is 5.75 Å². The van der Waals surface area contributed by atoms with E-state index in [1.807, 2.05) is 11.4 Å². The molecule has 1 heterocycles. The fraction of sp³-hybridized carbons (Fsp3) is 0.231. The zero-order chi connectivity index (χ0) is 13.1. The van der Waals surface area contributed by atoms with Crippen LogP contribution < -0.4 is 10.5 Å². The van der Waals surface area contributed by atoms with Crippen LogP contribution in [-0.2, 0) is 6.42 Å². The molecule has 18 heavy (non-hydrogen) atoms. The number of methoxy groups -OCH3 is 1. The summed E-state index contributed by atoms with van der Waals surface area (Å²) in [5.74, 6) is -0.940. The van der Waals surface area contributed by atoms with E-state index in [4.69, 9.17) is 10.5 Å². The molecule has 0 radical (unpaired) electrons. The van der Waals surface area contributed by atoms with Crippen LogP contribution in [0.3, 0.4) is 0 Å². The summed E-state index contributed by atoms with van der Waals surface area (Å²) < 4.78 is 31.6. The standard InChI is InChI=1S/C13H13F2NOS/c1-17-9-6-12(18-7-9)11(16)5-8-3-2-4-10(14)13(8)15/h2-4,6-7,11H,5,16H2,1H3. The second-order valence-electron chi connectivity index (χ2n) is 3.91. The van der Waals surface area contributed by atoms with Crippen LogP contribution in [0.25, 0.3) is 0 Å². The maximum atomic E-state index is 13.5. The van der Waals surface area contributed by atoms with Crippen LogP contribution in [-0.4, -0.2) is 7.11 Å². The number of ether oxygens (including phenoxy) is 1. The molecule has 96 valence electrons. The Morgan fingerprint density at radius 1 is 1.39 bits per heavy atom. The van der Waals surface area contributed by atoms with E-state index in [0.717, 1.165) is 16.7 Å². The van der Waals surface area contributed by atoms with Gasteiger partial charge in [-0.05, 0) is 24.1 Å². The smallest absolute Gasteiger partial charge is 0.162 e. The number of hydrogen-bond acceptors (Lipinski definition) is 3. The summed E-state index contributed by atoms with van der Waals surface area (Å²) in [6, 6.07) is 5.57. The van der Waals surface area contributed by atoms with E-state index < -0.39 is 11.6 Å². The van der Waals surface area contributed by atoms with Crippen LogP contribution in [0.1, 0.15) is 16.5 Å². The summed E-state index contributed by atoms with van der Waals surface area (Å²) in [6.45, 7) is 0. The molecular weight excluding hydrogens is 256 g/mol. The third kappa shape index (κ3) is 2.68. The lowest BCUT2D eigenvalue weighted by molar-refractivity contribution is 0.416. The van der Waals surface area contributed by atoms with Crippen molar-refractivity contribution < 1.29 is 13.5 Å². The van der Waals surface area contributed by atoms with Crippen molar-refractivity contribution in [2.75, 3.05) is 7.11 Å². The molecule has 0 saturated carbocycles. The maximum absolute atomic E-state index is 13.5. The normalized spacial score (nSPS) is 12.4.